The molecule has 4 heterocycles. The molecule has 3 aromatic heterocycles. The SMILES string of the molecule is Cn1ncc2c1CCc1sc(N(C[C@H]3CCCO3)C(=O)c3c(Cl)cnn3C)nc1-2. The van der Waals surface area contributed by atoms with Crippen LogP contribution in [0.25, 0.3) is 11.3 Å². The number of aryl methyl sites for hydroxylation is 3. The van der Waals surface area contributed by atoms with E-state index in [1.807, 2.05) is 17.9 Å². The van der Waals surface area contributed by atoms with Crippen LogP contribution in [0.2, 0.25) is 5.02 Å². The highest BCUT2D eigenvalue weighted by molar-refractivity contribution is 7.16. The van der Waals surface area contributed by atoms with Gasteiger partial charge in [0.1, 0.15) is 5.69 Å². The van der Waals surface area contributed by atoms with Crippen LogP contribution in [0, 0.1) is 0 Å². The Bertz CT molecular complexity index is 1060. The van der Waals surface area contributed by atoms with Crippen molar-refractivity contribution in [3.05, 3.63) is 33.7 Å². The highest BCUT2D eigenvalue weighted by Gasteiger charge is 2.32. The summed E-state index contributed by atoms with van der Waals surface area (Å²) >= 11 is 7.83. The van der Waals surface area contributed by atoms with Crippen LogP contribution < -0.4 is 4.90 Å². The van der Waals surface area contributed by atoms with Crippen molar-refractivity contribution in [1.29, 1.82) is 0 Å². The van der Waals surface area contributed by atoms with Gasteiger partial charge in [0.2, 0.25) is 0 Å². The van der Waals surface area contributed by atoms with Crippen LogP contribution in [0.5, 0.6) is 0 Å². The average Bonchev–Trinajstić information content (AvgIpc) is 3.47. The molecule has 0 saturated carbocycles. The average molecular weight is 433 g/mol. The standard InChI is InChI=1S/C19H21ClN6O2S/c1-24-14-5-6-15-16(12(14)8-21-24)23-19(29-15)26(10-11-4-3-7-28-11)18(27)17-13(20)9-22-25(17)2/h8-9,11H,3-7,10H2,1-2H3/t11-/m1/s1. The Labute approximate surface area is 177 Å². The second-order valence-corrected chi connectivity index (χ2v) is 8.88. The molecule has 10 heteroatoms. The van der Waals surface area contributed by atoms with E-state index in [4.69, 9.17) is 21.3 Å². The van der Waals surface area contributed by atoms with Crippen LogP contribution in [-0.2, 0) is 31.7 Å². The number of carbonyl (C=O) groups excluding carboxylic acids is 1. The maximum absolute atomic E-state index is 13.5. The third-order valence-electron chi connectivity index (χ3n) is 5.57. The minimum atomic E-state index is -0.206. The number of rotatable bonds is 4. The quantitative estimate of drug-likeness (QED) is 0.633. The molecule has 1 aliphatic heterocycles. The van der Waals surface area contributed by atoms with E-state index in [0.29, 0.717) is 22.4 Å². The van der Waals surface area contributed by atoms with Gasteiger partial charge >= 0.3 is 0 Å². The summed E-state index contributed by atoms with van der Waals surface area (Å²) < 4.78 is 9.23. The topological polar surface area (TPSA) is 78.1 Å². The number of fused-ring (bicyclic) bond motifs is 3. The van der Waals surface area contributed by atoms with Gasteiger partial charge in [0.25, 0.3) is 5.91 Å². The summed E-state index contributed by atoms with van der Waals surface area (Å²) in [6, 6.07) is 0. The van der Waals surface area contributed by atoms with Gasteiger partial charge in [-0.3, -0.25) is 19.1 Å². The number of thiazole rings is 1. The number of halogens is 1. The summed E-state index contributed by atoms with van der Waals surface area (Å²) in [4.78, 5) is 21.2. The molecular weight excluding hydrogens is 412 g/mol. The van der Waals surface area contributed by atoms with E-state index < -0.39 is 0 Å². The number of anilines is 1. The normalized spacial score (nSPS) is 18.0. The molecule has 1 fully saturated rings. The van der Waals surface area contributed by atoms with Crippen LogP contribution in [0.15, 0.2) is 12.4 Å². The van der Waals surface area contributed by atoms with E-state index >= 15 is 0 Å². The van der Waals surface area contributed by atoms with Crippen LogP contribution in [0.3, 0.4) is 0 Å². The first-order valence-corrected chi connectivity index (χ1v) is 10.8. The summed E-state index contributed by atoms with van der Waals surface area (Å²) in [5.74, 6) is -0.206. The van der Waals surface area contributed by atoms with Gasteiger partial charge in [-0.05, 0) is 25.7 Å². The highest BCUT2D eigenvalue weighted by Crippen LogP contribution is 2.40. The Hall–Kier alpha value is -2.23. The fourth-order valence-corrected chi connectivity index (χ4v) is 5.37. The summed E-state index contributed by atoms with van der Waals surface area (Å²) in [7, 11) is 3.67. The molecule has 1 aliphatic carbocycles. The molecule has 152 valence electrons. The lowest BCUT2D eigenvalue weighted by atomic mass is 10.0. The highest BCUT2D eigenvalue weighted by atomic mass is 35.5. The summed E-state index contributed by atoms with van der Waals surface area (Å²) in [5.41, 5.74) is 3.53. The second-order valence-electron chi connectivity index (χ2n) is 7.41. The Kier molecular flexibility index (Phi) is 4.68. The molecule has 0 N–H and O–H groups in total. The molecule has 0 aromatic carbocycles. The lowest BCUT2D eigenvalue weighted by Crippen LogP contribution is -2.38. The largest absolute Gasteiger partial charge is 0.376 e. The van der Waals surface area contributed by atoms with Gasteiger partial charge in [0, 0.05) is 36.8 Å². The predicted molar refractivity (Wildman–Crippen MR) is 111 cm³/mol. The minimum Gasteiger partial charge on any atom is -0.376 e. The van der Waals surface area contributed by atoms with Crippen LogP contribution in [0.4, 0.5) is 5.13 Å². The van der Waals surface area contributed by atoms with E-state index in [0.717, 1.165) is 43.5 Å². The summed E-state index contributed by atoms with van der Waals surface area (Å²) in [6.07, 6.45) is 7.12. The van der Waals surface area contributed by atoms with E-state index in [2.05, 4.69) is 10.2 Å². The number of ether oxygens (including phenoxy) is 1. The van der Waals surface area contributed by atoms with E-state index in [9.17, 15) is 4.79 Å². The molecule has 2 aliphatic rings. The van der Waals surface area contributed by atoms with Gasteiger partial charge in [-0.2, -0.15) is 10.2 Å². The van der Waals surface area contributed by atoms with E-state index in [1.165, 1.54) is 21.4 Å². The Morgan fingerprint density at radius 3 is 2.86 bits per heavy atom. The van der Waals surface area contributed by atoms with Crippen molar-refractivity contribution >= 4 is 34.0 Å². The van der Waals surface area contributed by atoms with Crippen LogP contribution >= 0.6 is 22.9 Å². The Balaban J connectivity index is 1.55. The predicted octanol–water partition coefficient (Wildman–Crippen LogP) is 2.85. The van der Waals surface area contributed by atoms with Gasteiger partial charge in [0.05, 0.1) is 35.8 Å². The number of aromatic nitrogens is 5. The number of carbonyl (C=O) groups is 1. The van der Waals surface area contributed by atoms with Crippen molar-refractivity contribution in [2.75, 3.05) is 18.1 Å². The van der Waals surface area contributed by atoms with E-state index in [1.54, 1.807) is 23.3 Å². The second kappa shape index (κ2) is 7.23. The van der Waals surface area contributed by atoms with Crippen molar-refractivity contribution in [3.63, 3.8) is 0 Å². The molecule has 1 atom stereocenters. The zero-order valence-electron chi connectivity index (χ0n) is 16.3. The third-order valence-corrected chi connectivity index (χ3v) is 6.99. The van der Waals surface area contributed by atoms with E-state index in [-0.39, 0.29) is 12.0 Å². The first-order valence-electron chi connectivity index (χ1n) is 9.65. The van der Waals surface area contributed by atoms with Crippen molar-refractivity contribution in [2.45, 2.75) is 31.8 Å². The fraction of sp³-hybridized carbons (Fsp3) is 0.474. The molecule has 0 bridgehead atoms. The number of hydrogen-bond acceptors (Lipinski definition) is 6. The third kappa shape index (κ3) is 3.17. The van der Waals surface area contributed by atoms with Crippen LogP contribution in [0.1, 0.15) is 33.9 Å². The maximum Gasteiger partial charge on any atom is 0.279 e. The van der Waals surface area contributed by atoms with Crippen molar-refractivity contribution in [2.24, 2.45) is 14.1 Å². The Morgan fingerprint density at radius 1 is 1.31 bits per heavy atom. The molecule has 8 nitrogen and oxygen atoms in total. The Morgan fingerprint density at radius 2 is 2.14 bits per heavy atom. The smallest absolute Gasteiger partial charge is 0.279 e. The molecule has 1 amide bonds. The molecular formula is C19H21ClN6O2S. The molecule has 3 aromatic rings. The molecule has 0 spiro atoms. The van der Waals surface area contributed by atoms with Gasteiger partial charge in [-0.25, -0.2) is 4.98 Å². The molecule has 0 radical (unpaired) electrons. The summed E-state index contributed by atoms with van der Waals surface area (Å²) in [5, 5.41) is 9.52. The lowest BCUT2D eigenvalue weighted by molar-refractivity contribution is 0.0910. The van der Waals surface area contributed by atoms with Gasteiger partial charge in [0.15, 0.2) is 5.13 Å². The summed E-state index contributed by atoms with van der Waals surface area (Å²) in [6.45, 7) is 1.18. The molecule has 1 saturated heterocycles. The fourth-order valence-electron chi connectivity index (χ4n) is 4.04. The monoisotopic (exact) mass is 432 g/mol. The number of nitrogens with zero attached hydrogens (tertiary/aromatic N) is 6. The zero-order chi connectivity index (χ0) is 20.1. The number of amides is 1. The van der Waals surface area contributed by atoms with Gasteiger partial charge < -0.3 is 4.74 Å². The first-order chi connectivity index (χ1) is 14.0. The van der Waals surface area contributed by atoms with Crippen molar-refractivity contribution in [1.82, 2.24) is 24.5 Å². The van der Waals surface area contributed by atoms with Crippen molar-refractivity contribution < 1.29 is 9.53 Å². The number of hydrogen-bond donors (Lipinski definition) is 0. The van der Waals surface area contributed by atoms with Crippen LogP contribution in [-0.4, -0.2) is 49.7 Å². The maximum atomic E-state index is 13.5. The lowest BCUT2D eigenvalue weighted by Gasteiger charge is -2.23. The first kappa shape index (κ1) is 18.8. The van der Waals surface area contributed by atoms with Gasteiger partial charge in [-0.15, -0.1) is 11.3 Å². The molecule has 5 rings (SSSR count). The molecule has 0 unspecified atom stereocenters. The van der Waals surface area contributed by atoms with Gasteiger partial charge in [-0.1, -0.05) is 11.6 Å². The van der Waals surface area contributed by atoms with Crippen molar-refractivity contribution in [3.8, 4) is 11.3 Å². The zero-order valence-corrected chi connectivity index (χ0v) is 17.8. The minimum absolute atomic E-state index is 0.000772. The molecule has 29 heavy (non-hydrogen) atoms.